The molecule has 122 valence electrons. The van der Waals surface area contributed by atoms with Crippen LogP contribution in [0.1, 0.15) is 25.8 Å². The fourth-order valence-electron chi connectivity index (χ4n) is 2.07. The Labute approximate surface area is 134 Å². The quantitative estimate of drug-likeness (QED) is 0.824. The minimum atomic E-state index is -1.13. The molecule has 0 radical (unpaired) electrons. The fraction of sp³-hybridized carbons (Fsp3) is 0.278. The average Bonchev–Trinajstić information content (AvgIpc) is 2.49. The summed E-state index contributed by atoms with van der Waals surface area (Å²) in [5.41, 5.74) is -0.475. The third-order valence-electron chi connectivity index (χ3n) is 3.43. The van der Waals surface area contributed by atoms with E-state index in [1.807, 2.05) is 0 Å². The molecule has 2 aromatic carbocycles. The molecule has 0 aliphatic rings. The first-order chi connectivity index (χ1) is 10.9. The van der Waals surface area contributed by atoms with E-state index in [-0.39, 0.29) is 24.7 Å². The zero-order chi connectivity index (χ0) is 16.9. The Kier molecular flexibility index (Phi) is 5.34. The van der Waals surface area contributed by atoms with E-state index >= 15 is 0 Å². The van der Waals surface area contributed by atoms with Gasteiger partial charge in [0.25, 0.3) is 0 Å². The molecule has 0 heterocycles. The summed E-state index contributed by atoms with van der Waals surface area (Å²) in [5, 5.41) is 10.4. The van der Waals surface area contributed by atoms with Crippen molar-refractivity contribution in [3.63, 3.8) is 0 Å². The number of hydrogen-bond donors (Lipinski definition) is 1. The predicted octanol–water partition coefficient (Wildman–Crippen LogP) is 3.78. The standard InChI is InChI=1S/C18H19FO4/c1-13(20)22-12-11-18(2,21)14-7-9-15(10-8-14)23-17-6-4-3-5-16(17)19/h3-10,21H,11-12H2,1-2H3. The van der Waals surface area contributed by atoms with Crippen molar-refractivity contribution in [2.75, 3.05) is 6.61 Å². The number of esters is 1. The van der Waals surface area contributed by atoms with Gasteiger partial charge in [0.05, 0.1) is 12.2 Å². The summed E-state index contributed by atoms with van der Waals surface area (Å²) in [6, 6.07) is 12.8. The Hall–Kier alpha value is -2.40. The Balaban J connectivity index is 2.03. The number of carbonyl (C=O) groups excluding carboxylic acids is 1. The summed E-state index contributed by atoms with van der Waals surface area (Å²) in [6.07, 6.45) is 0.278. The van der Waals surface area contributed by atoms with Gasteiger partial charge in [0.15, 0.2) is 11.6 Å². The van der Waals surface area contributed by atoms with Gasteiger partial charge in [-0.3, -0.25) is 4.79 Å². The van der Waals surface area contributed by atoms with Crippen LogP contribution in [0.2, 0.25) is 0 Å². The molecule has 0 amide bonds. The third-order valence-corrected chi connectivity index (χ3v) is 3.43. The highest BCUT2D eigenvalue weighted by Gasteiger charge is 2.23. The Morgan fingerprint density at radius 2 is 1.83 bits per heavy atom. The summed E-state index contributed by atoms with van der Waals surface area (Å²) in [6.45, 7) is 3.10. The molecule has 1 atom stereocenters. The predicted molar refractivity (Wildman–Crippen MR) is 83.7 cm³/mol. The first kappa shape index (κ1) is 17.0. The molecule has 0 bridgehead atoms. The second kappa shape index (κ2) is 7.24. The van der Waals surface area contributed by atoms with Crippen molar-refractivity contribution in [2.45, 2.75) is 25.9 Å². The maximum absolute atomic E-state index is 13.5. The van der Waals surface area contributed by atoms with E-state index in [9.17, 15) is 14.3 Å². The number of rotatable bonds is 6. The van der Waals surface area contributed by atoms with Crippen molar-refractivity contribution < 1.29 is 23.8 Å². The molecule has 4 nitrogen and oxygen atoms in total. The van der Waals surface area contributed by atoms with Crippen LogP contribution in [-0.2, 0) is 15.1 Å². The molecular weight excluding hydrogens is 299 g/mol. The molecule has 0 aromatic heterocycles. The minimum Gasteiger partial charge on any atom is -0.466 e. The van der Waals surface area contributed by atoms with Gasteiger partial charge < -0.3 is 14.6 Å². The SMILES string of the molecule is CC(=O)OCCC(C)(O)c1ccc(Oc2ccccc2F)cc1. The van der Waals surface area contributed by atoms with Gasteiger partial charge in [0.1, 0.15) is 5.75 Å². The number of carbonyl (C=O) groups is 1. The van der Waals surface area contributed by atoms with Crippen LogP contribution in [0.5, 0.6) is 11.5 Å². The lowest BCUT2D eigenvalue weighted by Gasteiger charge is -2.23. The van der Waals surface area contributed by atoms with Gasteiger partial charge in [-0.2, -0.15) is 0 Å². The molecule has 2 aromatic rings. The zero-order valence-corrected chi connectivity index (χ0v) is 13.1. The second-order valence-electron chi connectivity index (χ2n) is 5.42. The largest absolute Gasteiger partial charge is 0.466 e. The molecule has 0 saturated heterocycles. The summed E-state index contributed by atoms with van der Waals surface area (Å²) >= 11 is 0. The van der Waals surface area contributed by atoms with Crippen LogP contribution in [0.3, 0.4) is 0 Å². The van der Waals surface area contributed by atoms with Crippen molar-refractivity contribution in [2.24, 2.45) is 0 Å². The number of ether oxygens (including phenoxy) is 2. The van der Waals surface area contributed by atoms with Crippen LogP contribution in [0, 0.1) is 5.82 Å². The van der Waals surface area contributed by atoms with Crippen molar-refractivity contribution in [3.8, 4) is 11.5 Å². The van der Waals surface area contributed by atoms with E-state index in [0.29, 0.717) is 11.3 Å². The molecule has 23 heavy (non-hydrogen) atoms. The Morgan fingerprint density at radius 3 is 2.43 bits per heavy atom. The lowest BCUT2D eigenvalue weighted by molar-refractivity contribution is -0.142. The van der Waals surface area contributed by atoms with Gasteiger partial charge in [-0.15, -0.1) is 0 Å². The Bertz CT molecular complexity index is 665. The lowest BCUT2D eigenvalue weighted by Crippen LogP contribution is -2.23. The molecule has 0 aliphatic heterocycles. The van der Waals surface area contributed by atoms with E-state index in [0.717, 1.165) is 0 Å². The average molecular weight is 318 g/mol. The first-order valence-electron chi connectivity index (χ1n) is 7.27. The molecule has 0 saturated carbocycles. The van der Waals surface area contributed by atoms with Gasteiger partial charge in [-0.05, 0) is 36.8 Å². The van der Waals surface area contributed by atoms with E-state index in [1.165, 1.54) is 13.0 Å². The van der Waals surface area contributed by atoms with Gasteiger partial charge in [-0.25, -0.2) is 4.39 Å². The van der Waals surface area contributed by atoms with Crippen molar-refractivity contribution in [1.29, 1.82) is 0 Å². The zero-order valence-electron chi connectivity index (χ0n) is 13.1. The van der Waals surface area contributed by atoms with E-state index in [2.05, 4.69) is 0 Å². The highest BCUT2D eigenvalue weighted by Crippen LogP contribution is 2.29. The highest BCUT2D eigenvalue weighted by atomic mass is 19.1. The van der Waals surface area contributed by atoms with E-state index < -0.39 is 11.4 Å². The first-order valence-corrected chi connectivity index (χ1v) is 7.27. The van der Waals surface area contributed by atoms with Crippen LogP contribution in [-0.4, -0.2) is 17.7 Å². The molecule has 0 fully saturated rings. The summed E-state index contributed by atoms with van der Waals surface area (Å²) in [7, 11) is 0. The third kappa shape index (κ3) is 4.79. The van der Waals surface area contributed by atoms with Crippen LogP contribution in [0.4, 0.5) is 4.39 Å². The number of para-hydroxylation sites is 1. The van der Waals surface area contributed by atoms with E-state index in [4.69, 9.17) is 9.47 Å². The van der Waals surface area contributed by atoms with Gasteiger partial charge >= 0.3 is 5.97 Å². The fourth-order valence-corrected chi connectivity index (χ4v) is 2.07. The smallest absolute Gasteiger partial charge is 0.302 e. The second-order valence-corrected chi connectivity index (χ2v) is 5.42. The molecule has 2 rings (SSSR count). The van der Waals surface area contributed by atoms with E-state index in [1.54, 1.807) is 49.4 Å². The van der Waals surface area contributed by atoms with Crippen molar-refractivity contribution in [3.05, 3.63) is 59.9 Å². The van der Waals surface area contributed by atoms with Crippen LogP contribution in [0.25, 0.3) is 0 Å². The van der Waals surface area contributed by atoms with Crippen LogP contribution >= 0.6 is 0 Å². The molecule has 0 spiro atoms. The Morgan fingerprint density at radius 1 is 1.17 bits per heavy atom. The minimum absolute atomic E-state index is 0.135. The molecule has 1 N–H and O–H groups in total. The normalized spacial score (nSPS) is 13.2. The summed E-state index contributed by atoms with van der Waals surface area (Å²) < 4.78 is 23.9. The van der Waals surface area contributed by atoms with Gasteiger partial charge in [0.2, 0.25) is 0 Å². The van der Waals surface area contributed by atoms with Crippen molar-refractivity contribution in [1.82, 2.24) is 0 Å². The molecular formula is C18H19FO4. The number of halogens is 1. The topological polar surface area (TPSA) is 55.8 Å². The molecule has 0 aliphatic carbocycles. The molecule has 1 unspecified atom stereocenters. The lowest BCUT2D eigenvalue weighted by atomic mass is 9.93. The molecule has 5 heteroatoms. The summed E-state index contributed by atoms with van der Waals surface area (Å²) in [5.74, 6) is -0.212. The van der Waals surface area contributed by atoms with Gasteiger partial charge in [-0.1, -0.05) is 24.3 Å². The maximum Gasteiger partial charge on any atom is 0.302 e. The number of benzene rings is 2. The number of aliphatic hydroxyl groups is 1. The monoisotopic (exact) mass is 318 g/mol. The van der Waals surface area contributed by atoms with Crippen LogP contribution in [0.15, 0.2) is 48.5 Å². The number of hydrogen-bond acceptors (Lipinski definition) is 4. The highest BCUT2D eigenvalue weighted by molar-refractivity contribution is 5.65. The maximum atomic E-state index is 13.5. The van der Waals surface area contributed by atoms with Gasteiger partial charge in [0, 0.05) is 13.3 Å². The summed E-state index contributed by atoms with van der Waals surface area (Å²) in [4.78, 5) is 10.8. The van der Waals surface area contributed by atoms with Crippen LogP contribution < -0.4 is 4.74 Å². The van der Waals surface area contributed by atoms with Crippen molar-refractivity contribution >= 4 is 5.97 Å².